The lowest BCUT2D eigenvalue weighted by atomic mass is 9.74. The second-order valence-electron chi connectivity index (χ2n) is 11.8. The zero-order valence-electron chi connectivity index (χ0n) is 25.0. The van der Waals surface area contributed by atoms with Crippen molar-refractivity contribution < 1.29 is 41.4 Å². The molecule has 3 heterocycles. The van der Waals surface area contributed by atoms with Crippen molar-refractivity contribution in [1.82, 2.24) is 4.90 Å². The van der Waals surface area contributed by atoms with Crippen LogP contribution < -0.4 is 15.0 Å². The van der Waals surface area contributed by atoms with Gasteiger partial charge < -0.3 is 19.7 Å². The van der Waals surface area contributed by atoms with Crippen LogP contribution in [-0.4, -0.2) is 54.8 Å². The Kier molecular flexibility index (Phi) is 8.65. The average molecular weight is 695 g/mol. The molecule has 3 fully saturated rings. The number of amides is 2. The maximum atomic E-state index is 16.7. The molecule has 4 aliphatic rings. The number of allylic oxidation sites excluding steroid dienone is 4. The molecule has 2 saturated heterocycles. The molecule has 4 atom stereocenters. The molecule has 3 aliphatic heterocycles. The summed E-state index contributed by atoms with van der Waals surface area (Å²) in [6.07, 6.45) is 0.449. The molecular formula is C33H29Cl2F4N3O5. The van der Waals surface area contributed by atoms with Crippen molar-refractivity contribution in [1.29, 1.82) is 0 Å². The Morgan fingerprint density at radius 3 is 2.60 bits per heavy atom. The predicted octanol–water partition coefficient (Wildman–Crippen LogP) is 7.10. The van der Waals surface area contributed by atoms with Crippen LogP contribution in [0.3, 0.4) is 0 Å². The fourth-order valence-electron chi connectivity index (χ4n) is 7.05. The summed E-state index contributed by atoms with van der Waals surface area (Å²) in [5.74, 6) is -6.02. The molecule has 0 radical (unpaired) electrons. The maximum absolute atomic E-state index is 16.7. The minimum atomic E-state index is -5.15. The Hall–Kier alpha value is -3.87. The van der Waals surface area contributed by atoms with Crippen LogP contribution in [0.4, 0.5) is 28.9 Å². The summed E-state index contributed by atoms with van der Waals surface area (Å²) in [5, 5.41) is 3.34. The van der Waals surface area contributed by atoms with Crippen LogP contribution in [-0.2, 0) is 19.9 Å². The average Bonchev–Trinajstić information content (AvgIpc) is 3.60. The Morgan fingerprint density at radius 2 is 1.94 bits per heavy atom. The molecule has 2 aromatic carbocycles. The summed E-state index contributed by atoms with van der Waals surface area (Å²) in [7, 11) is 0. The molecule has 0 bridgehead atoms. The van der Waals surface area contributed by atoms with E-state index in [1.54, 1.807) is 18.2 Å². The summed E-state index contributed by atoms with van der Waals surface area (Å²) >= 11 is 12.1. The van der Waals surface area contributed by atoms with Crippen molar-refractivity contribution in [3.63, 3.8) is 0 Å². The van der Waals surface area contributed by atoms with E-state index in [0.29, 0.717) is 22.8 Å². The van der Waals surface area contributed by atoms with E-state index in [0.717, 1.165) is 31.1 Å². The lowest BCUT2D eigenvalue weighted by molar-refractivity contribution is -0.274. The molecule has 1 aliphatic carbocycles. The van der Waals surface area contributed by atoms with E-state index in [2.05, 4.69) is 16.6 Å². The molecule has 248 valence electrons. The molecule has 8 nitrogen and oxygen atoms in total. The van der Waals surface area contributed by atoms with Gasteiger partial charge in [-0.3, -0.25) is 14.5 Å². The SMILES string of the molecule is C=C(Cl)/C=C\C=C(/F)[C@H]1[C@@H]2C(=O)N(c3ccc(C(=O)OCC)c(OC(F)(F)F)c3)C[C@@H]2N(CC2CC2)[C@@]12C(=O)Nc1cc(Cl)ccc12. The lowest BCUT2D eigenvalue weighted by Crippen LogP contribution is -2.55. The van der Waals surface area contributed by atoms with E-state index in [1.165, 1.54) is 30.0 Å². The Labute approximate surface area is 277 Å². The molecule has 0 unspecified atom stereocenters. The number of esters is 1. The monoisotopic (exact) mass is 693 g/mol. The van der Waals surface area contributed by atoms with Crippen molar-refractivity contribution in [2.75, 3.05) is 29.9 Å². The smallest absolute Gasteiger partial charge is 0.462 e. The molecule has 1 N–H and O–H groups in total. The molecule has 2 aromatic rings. The van der Waals surface area contributed by atoms with E-state index < -0.39 is 64.7 Å². The number of anilines is 2. The summed E-state index contributed by atoms with van der Waals surface area (Å²) in [6.45, 7) is 5.28. The molecule has 47 heavy (non-hydrogen) atoms. The third-order valence-electron chi connectivity index (χ3n) is 8.96. The van der Waals surface area contributed by atoms with Gasteiger partial charge in [-0.15, -0.1) is 13.2 Å². The molecule has 1 spiro atoms. The largest absolute Gasteiger partial charge is 0.573 e. The maximum Gasteiger partial charge on any atom is 0.573 e. The molecule has 2 amide bonds. The van der Waals surface area contributed by atoms with Gasteiger partial charge in [-0.2, -0.15) is 0 Å². The van der Waals surface area contributed by atoms with Crippen molar-refractivity contribution >= 4 is 52.4 Å². The zero-order valence-corrected chi connectivity index (χ0v) is 26.5. The van der Waals surface area contributed by atoms with Crippen molar-refractivity contribution in [3.05, 3.63) is 88.2 Å². The Balaban J connectivity index is 1.48. The number of nitrogens with zero attached hydrogens (tertiary/aromatic N) is 2. The minimum Gasteiger partial charge on any atom is -0.462 e. The Morgan fingerprint density at radius 1 is 1.19 bits per heavy atom. The summed E-state index contributed by atoms with van der Waals surface area (Å²) < 4.78 is 65.9. The predicted molar refractivity (Wildman–Crippen MR) is 167 cm³/mol. The fourth-order valence-corrected chi connectivity index (χ4v) is 7.30. The van der Waals surface area contributed by atoms with Crippen LogP contribution in [0.1, 0.15) is 35.7 Å². The Bertz CT molecular complexity index is 1730. The van der Waals surface area contributed by atoms with Crippen molar-refractivity contribution in [2.24, 2.45) is 17.8 Å². The summed E-state index contributed by atoms with van der Waals surface area (Å²) in [5.41, 5.74) is -1.23. The fraction of sp³-hybridized carbons (Fsp3) is 0.364. The van der Waals surface area contributed by atoms with Gasteiger partial charge in [0.05, 0.1) is 18.4 Å². The van der Waals surface area contributed by atoms with Gasteiger partial charge >= 0.3 is 12.3 Å². The van der Waals surface area contributed by atoms with E-state index >= 15 is 4.39 Å². The van der Waals surface area contributed by atoms with Gasteiger partial charge in [0.1, 0.15) is 22.7 Å². The topological polar surface area (TPSA) is 88.2 Å². The zero-order chi connectivity index (χ0) is 33.8. The first kappa shape index (κ1) is 33.0. The van der Waals surface area contributed by atoms with Gasteiger partial charge in [0.2, 0.25) is 11.8 Å². The highest BCUT2D eigenvalue weighted by atomic mass is 35.5. The van der Waals surface area contributed by atoms with Crippen LogP contribution in [0, 0.1) is 17.8 Å². The number of hydrogen-bond acceptors (Lipinski definition) is 6. The quantitative estimate of drug-likeness (QED) is 0.171. The van der Waals surface area contributed by atoms with E-state index in [1.807, 2.05) is 4.90 Å². The lowest BCUT2D eigenvalue weighted by Gasteiger charge is -2.40. The second kappa shape index (κ2) is 12.3. The third-order valence-corrected chi connectivity index (χ3v) is 9.32. The molecule has 1 saturated carbocycles. The number of alkyl halides is 3. The number of halogens is 6. The van der Waals surface area contributed by atoms with Crippen molar-refractivity contribution in [3.8, 4) is 5.75 Å². The van der Waals surface area contributed by atoms with Crippen LogP contribution in [0.5, 0.6) is 5.75 Å². The first-order chi connectivity index (χ1) is 22.3. The summed E-state index contributed by atoms with van der Waals surface area (Å²) in [4.78, 5) is 44.1. The highest BCUT2D eigenvalue weighted by Crippen LogP contribution is 2.61. The number of fused-ring (bicyclic) bond motifs is 3. The molecular weight excluding hydrogens is 665 g/mol. The van der Waals surface area contributed by atoms with Gasteiger partial charge in [-0.1, -0.05) is 41.9 Å². The van der Waals surface area contributed by atoms with Crippen LogP contribution in [0.2, 0.25) is 5.02 Å². The number of likely N-dealkylation sites (tertiary alicyclic amines) is 1. The normalized spacial score (nSPS) is 25.8. The van der Waals surface area contributed by atoms with E-state index in [-0.39, 0.29) is 29.8 Å². The second-order valence-corrected chi connectivity index (χ2v) is 12.8. The molecule has 6 rings (SSSR count). The summed E-state index contributed by atoms with van der Waals surface area (Å²) in [6, 6.07) is 7.45. The number of nitrogens with one attached hydrogen (secondary N) is 1. The number of rotatable bonds is 9. The van der Waals surface area contributed by atoms with Crippen molar-refractivity contribution in [2.45, 2.75) is 37.7 Å². The number of carbonyl (C=O) groups excluding carboxylic acids is 3. The van der Waals surface area contributed by atoms with E-state index in [4.69, 9.17) is 27.9 Å². The number of carbonyl (C=O) groups is 3. The molecule has 14 heteroatoms. The van der Waals surface area contributed by atoms with E-state index in [9.17, 15) is 27.6 Å². The van der Waals surface area contributed by atoms with Gasteiger partial charge in [-0.05, 0) is 62.1 Å². The van der Waals surface area contributed by atoms with Gasteiger partial charge in [-0.25, -0.2) is 9.18 Å². The van der Waals surface area contributed by atoms with Gasteiger partial charge in [0, 0.05) is 52.2 Å². The first-order valence-corrected chi connectivity index (χ1v) is 15.7. The van der Waals surface area contributed by atoms with Gasteiger partial charge in [0.15, 0.2) is 0 Å². The number of ether oxygens (including phenoxy) is 2. The van der Waals surface area contributed by atoms with Crippen LogP contribution in [0.15, 0.2) is 72.1 Å². The van der Waals surface area contributed by atoms with Crippen LogP contribution in [0.25, 0.3) is 0 Å². The third kappa shape index (κ3) is 5.91. The number of benzene rings is 2. The van der Waals surface area contributed by atoms with Crippen LogP contribution >= 0.6 is 23.2 Å². The standard InChI is InChI=1S/C33H29Cl2F4N3O5/c1-3-46-30(44)21-11-10-20(14-26(21)47-33(37,38)39)41-16-25-27(29(41)43)28(23(36)6-4-5-17(2)34)32(42(25)15-18-7-8-18)22-12-9-19(35)13-24(22)40-31(32)45/h4-6,9-14,18,25,27-28H,2-3,7-8,15-16H2,1H3,(H,40,45)/b5-4-,23-6-/t25-,27+,28-,32+/m0/s1. The highest BCUT2D eigenvalue weighted by molar-refractivity contribution is 6.31. The van der Waals surface area contributed by atoms with Gasteiger partial charge in [0.25, 0.3) is 0 Å². The minimum absolute atomic E-state index is 0.00153. The number of hydrogen-bond donors (Lipinski definition) is 1. The highest BCUT2D eigenvalue weighted by Gasteiger charge is 2.71. The first-order valence-electron chi connectivity index (χ1n) is 14.9. The molecule has 0 aromatic heterocycles.